The monoisotopic (exact) mass is 344 g/mol. The number of rotatable bonds is 9. The summed E-state index contributed by atoms with van der Waals surface area (Å²) in [5, 5.41) is 20.4. The van der Waals surface area contributed by atoms with E-state index in [1.54, 1.807) is 20.8 Å². The van der Waals surface area contributed by atoms with Gasteiger partial charge in [0, 0.05) is 5.75 Å². The van der Waals surface area contributed by atoms with Gasteiger partial charge < -0.3 is 15.2 Å². The van der Waals surface area contributed by atoms with Crippen molar-refractivity contribution >= 4 is 23.8 Å². The molecular weight excluding hydrogens is 316 g/mol. The zero-order valence-corrected chi connectivity index (χ0v) is 15.5. The Morgan fingerprint density at radius 1 is 1.26 bits per heavy atom. The number of ether oxygens (including phenoxy) is 1. The fourth-order valence-electron chi connectivity index (χ4n) is 1.65. The van der Waals surface area contributed by atoms with Crippen LogP contribution in [0.2, 0.25) is 0 Å². The van der Waals surface area contributed by atoms with E-state index in [0.29, 0.717) is 0 Å². The van der Waals surface area contributed by atoms with E-state index < -0.39 is 23.7 Å². The van der Waals surface area contributed by atoms with Gasteiger partial charge in [-0.05, 0) is 53.2 Å². The minimum Gasteiger partial charge on any atom is -0.480 e. The summed E-state index contributed by atoms with van der Waals surface area (Å²) in [6.07, 6.45) is 1.93. The number of nitriles is 1. The van der Waals surface area contributed by atoms with Crippen LogP contribution in [0.3, 0.4) is 0 Å². The van der Waals surface area contributed by atoms with Crippen LogP contribution in [0.25, 0.3) is 0 Å². The van der Waals surface area contributed by atoms with Gasteiger partial charge in [-0.3, -0.25) is 0 Å². The topological polar surface area (TPSA) is 99.4 Å². The van der Waals surface area contributed by atoms with Crippen molar-refractivity contribution in [1.82, 2.24) is 5.32 Å². The van der Waals surface area contributed by atoms with Gasteiger partial charge in [0.25, 0.3) is 0 Å². The van der Waals surface area contributed by atoms with Crippen molar-refractivity contribution in [2.24, 2.45) is 5.41 Å². The summed E-state index contributed by atoms with van der Waals surface area (Å²) in [5.74, 6) is 0.00583. The molecule has 1 amide bonds. The van der Waals surface area contributed by atoms with Gasteiger partial charge in [0.05, 0.1) is 11.5 Å². The first-order valence-corrected chi connectivity index (χ1v) is 8.83. The zero-order valence-electron chi connectivity index (χ0n) is 14.6. The van der Waals surface area contributed by atoms with Gasteiger partial charge in [-0.1, -0.05) is 6.42 Å². The van der Waals surface area contributed by atoms with Gasteiger partial charge >= 0.3 is 12.1 Å². The Bertz CT molecular complexity index is 438. The first-order valence-electron chi connectivity index (χ1n) is 7.68. The Hall–Kier alpha value is -1.42. The SMILES string of the molecule is CC(C)(C#N)CCCCSCC(NC(=O)OC(C)(C)C)C(=O)O. The average molecular weight is 344 g/mol. The maximum Gasteiger partial charge on any atom is 0.408 e. The molecular formula is C16H28N2O4S. The Balaban J connectivity index is 4.06. The summed E-state index contributed by atoms with van der Waals surface area (Å²) in [6.45, 7) is 8.98. The maximum absolute atomic E-state index is 11.6. The molecule has 0 saturated heterocycles. The lowest BCUT2D eigenvalue weighted by Crippen LogP contribution is -2.45. The molecule has 0 aliphatic heterocycles. The number of hydrogen-bond donors (Lipinski definition) is 2. The number of carbonyl (C=O) groups excluding carboxylic acids is 1. The normalized spacial score (nSPS) is 13.0. The second-order valence-corrected chi connectivity index (χ2v) is 8.21. The molecule has 132 valence electrons. The van der Waals surface area contributed by atoms with Crippen molar-refractivity contribution in [2.45, 2.75) is 65.5 Å². The van der Waals surface area contributed by atoms with Gasteiger partial charge in [-0.25, -0.2) is 9.59 Å². The lowest BCUT2D eigenvalue weighted by molar-refractivity contribution is -0.138. The largest absolute Gasteiger partial charge is 0.480 e. The highest BCUT2D eigenvalue weighted by molar-refractivity contribution is 7.99. The Morgan fingerprint density at radius 3 is 2.35 bits per heavy atom. The van der Waals surface area contributed by atoms with Crippen LogP contribution in [0.4, 0.5) is 4.79 Å². The van der Waals surface area contributed by atoms with Gasteiger partial charge in [-0.15, -0.1) is 0 Å². The molecule has 0 rings (SSSR count). The number of unbranched alkanes of at least 4 members (excludes halogenated alkanes) is 1. The van der Waals surface area contributed by atoms with Crippen molar-refractivity contribution in [2.75, 3.05) is 11.5 Å². The molecule has 0 bridgehead atoms. The third-order valence-electron chi connectivity index (χ3n) is 2.92. The molecule has 2 N–H and O–H groups in total. The fraction of sp³-hybridized carbons (Fsp3) is 0.812. The summed E-state index contributed by atoms with van der Waals surface area (Å²) in [5.41, 5.74) is -0.972. The number of amides is 1. The molecule has 0 heterocycles. The van der Waals surface area contributed by atoms with E-state index in [4.69, 9.17) is 15.1 Å². The Kier molecular flexibility index (Phi) is 9.06. The summed E-state index contributed by atoms with van der Waals surface area (Å²) in [6, 6.07) is 1.29. The lowest BCUT2D eigenvalue weighted by atomic mass is 9.89. The first kappa shape index (κ1) is 21.6. The number of carboxylic acid groups (broad SMARTS) is 1. The molecule has 0 spiro atoms. The second-order valence-electron chi connectivity index (χ2n) is 7.06. The molecule has 23 heavy (non-hydrogen) atoms. The summed E-state index contributed by atoms with van der Waals surface area (Å²) in [4.78, 5) is 22.8. The van der Waals surface area contributed by atoms with E-state index in [9.17, 15) is 9.59 Å². The number of alkyl carbamates (subject to hydrolysis) is 1. The summed E-state index contributed by atoms with van der Waals surface area (Å²) >= 11 is 1.47. The van der Waals surface area contributed by atoms with E-state index in [-0.39, 0.29) is 11.2 Å². The molecule has 0 fully saturated rings. The first-order chi connectivity index (χ1) is 10.5. The molecule has 0 aromatic heterocycles. The number of nitrogens with zero attached hydrogens (tertiary/aromatic N) is 1. The molecule has 0 radical (unpaired) electrons. The van der Waals surface area contributed by atoms with Crippen LogP contribution < -0.4 is 5.32 Å². The van der Waals surface area contributed by atoms with Crippen LogP contribution >= 0.6 is 11.8 Å². The van der Waals surface area contributed by atoms with E-state index in [1.165, 1.54) is 11.8 Å². The molecule has 6 nitrogen and oxygen atoms in total. The van der Waals surface area contributed by atoms with Crippen LogP contribution in [-0.2, 0) is 9.53 Å². The van der Waals surface area contributed by atoms with Crippen LogP contribution in [0.5, 0.6) is 0 Å². The Labute approximate surface area is 143 Å². The smallest absolute Gasteiger partial charge is 0.408 e. The van der Waals surface area contributed by atoms with Gasteiger partial charge in [0.2, 0.25) is 0 Å². The summed E-state index contributed by atoms with van der Waals surface area (Å²) < 4.78 is 5.06. The number of nitrogens with one attached hydrogen (secondary N) is 1. The van der Waals surface area contributed by atoms with Crippen molar-refractivity contribution in [1.29, 1.82) is 5.26 Å². The van der Waals surface area contributed by atoms with Crippen molar-refractivity contribution in [3.05, 3.63) is 0 Å². The Morgan fingerprint density at radius 2 is 1.87 bits per heavy atom. The number of aliphatic carboxylic acids is 1. The molecule has 0 aromatic carbocycles. The van der Waals surface area contributed by atoms with Crippen molar-refractivity contribution < 1.29 is 19.4 Å². The quantitative estimate of drug-likeness (QED) is 0.622. The predicted octanol–water partition coefficient (Wildman–Crippen LogP) is 3.42. The molecule has 0 aromatic rings. The van der Waals surface area contributed by atoms with Gasteiger partial charge in [0.15, 0.2) is 0 Å². The number of hydrogen-bond acceptors (Lipinski definition) is 5. The van der Waals surface area contributed by atoms with Gasteiger partial charge in [-0.2, -0.15) is 17.0 Å². The number of carboxylic acids is 1. The van der Waals surface area contributed by atoms with E-state index in [0.717, 1.165) is 25.0 Å². The fourth-order valence-corrected chi connectivity index (χ4v) is 2.69. The molecule has 1 atom stereocenters. The number of thioether (sulfide) groups is 1. The lowest BCUT2D eigenvalue weighted by Gasteiger charge is -2.22. The standard InChI is InChI=1S/C16H28N2O4S/c1-15(2,3)22-14(21)18-12(13(19)20)10-23-9-7-6-8-16(4,5)11-17/h12H,6-10H2,1-5H3,(H,18,21)(H,19,20). The molecule has 0 saturated carbocycles. The zero-order chi connectivity index (χ0) is 18.1. The highest BCUT2D eigenvalue weighted by Gasteiger charge is 2.23. The minimum atomic E-state index is -1.08. The predicted molar refractivity (Wildman–Crippen MR) is 91.4 cm³/mol. The van der Waals surface area contributed by atoms with E-state index in [1.807, 2.05) is 13.8 Å². The van der Waals surface area contributed by atoms with Crippen LogP contribution in [0.1, 0.15) is 53.9 Å². The van der Waals surface area contributed by atoms with Crippen LogP contribution in [-0.4, -0.2) is 40.3 Å². The number of carbonyl (C=O) groups is 2. The molecule has 0 aliphatic rings. The van der Waals surface area contributed by atoms with Crippen LogP contribution in [0.15, 0.2) is 0 Å². The molecule has 1 unspecified atom stereocenters. The highest BCUT2D eigenvalue weighted by atomic mass is 32.2. The van der Waals surface area contributed by atoms with E-state index >= 15 is 0 Å². The second kappa shape index (κ2) is 9.66. The maximum atomic E-state index is 11.6. The molecule has 7 heteroatoms. The van der Waals surface area contributed by atoms with Crippen LogP contribution in [0, 0.1) is 16.7 Å². The minimum absolute atomic E-state index is 0.288. The van der Waals surface area contributed by atoms with E-state index in [2.05, 4.69) is 11.4 Å². The third kappa shape index (κ3) is 11.8. The van der Waals surface area contributed by atoms with Crippen molar-refractivity contribution in [3.8, 4) is 6.07 Å². The summed E-state index contributed by atoms with van der Waals surface area (Å²) in [7, 11) is 0. The third-order valence-corrected chi connectivity index (χ3v) is 4.06. The molecule has 0 aliphatic carbocycles. The van der Waals surface area contributed by atoms with Crippen molar-refractivity contribution in [3.63, 3.8) is 0 Å². The van der Waals surface area contributed by atoms with Gasteiger partial charge in [0.1, 0.15) is 11.6 Å². The highest BCUT2D eigenvalue weighted by Crippen LogP contribution is 2.22. The average Bonchev–Trinajstić information content (AvgIpc) is 2.38.